The minimum atomic E-state index is 0.0329. The van der Waals surface area contributed by atoms with Gasteiger partial charge in [-0.05, 0) is 28.7 Å². The van der Waals surface area contributed by atoms with Gasteiger partial charge in [-0.3, -0.25) is 4.79 Å². The van der Waals surface area contributed by atoms with E-state index in [2.05, 4.69) is 45.5 Å². The summed E-state index contributed by atoms with van der Waals surface area (Å²) in [5.74, 6) is 0.165. The molecule has 1 unspecified atom stereocenters. The zero-order chi connectivity index (χ0) is 13.9. The number of rotatable bonds is 4. The average molecular weight is 330 g/mol. The first kappa shape index (κ1) is 13.4. The molecule has 2 aromatic carbocycles. The molecular weight excluding hydrogens is 314 g/mol. The summed E-state index contributed by atoms with van der Waals surface area (Å²) in [5, 5.41) is 3.88. The zero-order valence-electron chi connectivity index (χ0n) is 11.1. The fourth-order valence-electron chi connectivity index (χ4n) is 2.63. The maximum atomic E-state index is 12.2. The molecule has 2 aromatic rings. The molecule has 1 aliphatic carbocycles. The van der Waals surface area contributed by atoms with E-state index in [0.717, 1.165) is 17.3 Å². The van der Waals surface area contributed by atoms with Crippen LogP contribution in [0.25, 0.3) is 0 Å². The number of carbonyl (C=O) groups is 1. The summed E-state index contributed by atoms with van der Waals surface area (Å²) in [7, 11) is 0. The minimum Gasteiger partial charge on any atom is -0.351 e. The predicted molar refractivity (Wildman–Crippen MR) is 83.8 cm³/mol. The third kappa shape index (κ3) is 2.63. The first-order chi connectivity index (χ1) is 9.78. The van der Waals surface area contributed by atoms with E-state index in [-0.39, 0.29) is 11.8 Å². The number of halogens is 1. The first-order valence-corrected chi connectivity index (χ1v) is 7.89. The molecule has 0 spiro atoms. The Morgan fingerprint density at radius 1 is 1.15 bits per heavy atom. The summed E-state index contributed by atoms with van der Waals surface area (Å²) in [6.45, 7) is 0.596. The number of benzene rings is 2. The van der Waals surface area contributed by atoms with Crippen molar-refractivity contribution in [1.29, 1.82) is 0 Å². The van der Waals surface area contributed by atoms with Crippen LogP contribution < -0.4 is 5.32 Å². The van der Waals surface area contributed by atoms with Crippen LogP contribution in [0, 0.1) is 0 Å². The molecule has 3 rings (SSSR count). The maximum absolute atomic E-state index is 12.2. The molecular formula is C17H16BrNO. The second kappa shape index (κ2) is 5.80. The van der Waals surface area contributed by atoms with Crippen LogP contribution in [0.15, 0.2) is 48.5 Å². The van der Waals surface area contributed by atoms with Gasteiger partial charge in [-0.25, -0.2) is 0 Å². The van der Waals surface area contributed by atoms with E-state index in [0.29, 0.717) is 6.54 Å². The Balaban J connectivity index is 1.61. The lowest BCUT2D eigenvalue weighted by Crippen LogP contribution is -2.35. The fourth-order valence-corrected chi connectivity index (χ4v) is 2.98. The Hall–Kier alpha value is -1.61. The van der Waals surface area contributed by atoms with Crippen molar-refractivity contribution in [3.05, 3.63) is 70.8 Å². The van der Waals surface area contributed by atoms with Gasteiger partial charge in [0.2, 0.25) is 5.91 Å². The summed E-state index contributed by atoms with van der Waals surface area (Å²) in [4.78, 5) is 12.2. The van der Waals surface area contributed by atoms with E-state index < -0.39 is 0 Å². The van der Waals surface area contributed by atoms with Gasteiger partial charge in [-0.1, -0.05) is 64.5 Å². The second-order valence-corrected chi connectivity index (χ2v) is 5.69. The Kier molecular flexibility index (Phi) is 3.88. The molecule has 0 aliphatic heterocycles. The van der Waals surface area contributed by atoms with Gasteiger partial charge in [-0.2, -0.15) is 0 Å². The van der Waals surface area contributed by atoms with E-state index >= 15 is 0 Å². The third-order valence-electron chi connectivity index (χ3n) is 3.78. The number of hydrogen-bond acceptors (Lipinski definition) is 1. The van der Waals surface area contributed by atoms with Gasteiger partial charge in [0.05, 0.1) is 5.92 Å². The number of hydrogen-bond donors (Lipinski definition) is 1. The largest absolute Gasteiger partial charge is 0.351 e. The van der Waals surface area contributed by atoms with Crippen molar-refractivity contribution in [2.45, 2.75) is 24.2 Å². The highest BCUT2D eigenvalue weighted by Gasteiger charge is 2.31. The van der Waals surface area contributed by atoms with Crippen LogP contribution in [0.3, 0.4) is 0 Å². The van der Waals surface area contributed by atoms with E-state index in [9.17, 15) is 4.79 Å². The molecule has 0 saturated carbocycles. The minimum absolute atomic E-state index is 0.0329. The van der Waals surface area contributed by atoms with Crippen molar-refractivity contribution in [3.63, 3.8) is 0 Å². The van der Waals surface area contributed by atoms with Crippen molar-refractivity contribution in [1.82, 2.24) is 5.32 Å². The van der Waals surface area contributed by atoms with Crippen LogP contribution in [0.1, 0.15) is 28.2 Å². The van der Waals surface area contributed by atoms with Crippen LogP contribution in [0.2, 0.25) is 0 Å². The lowest BCUT2D eigenvalue weighted by Gasteiger charge is -2.28. The van der Waals surface area contributed by atoms with Gasteiger partial charge in [0, 0.05) is 11.9 Å². The maximum Gasteiger partial charge on any atom is 0.228 e. The van der Waals surface area contributed by atoms with Gasteiger partial charge in [0.15, 0.2) is 0 Å². The highest BCUT2D eigenvalue weighted by molar-refractivity contribution is 9.08. The number of alkyl halides is 1. The summed E-state index contributed by atoms with van der Waals surface area (Å²) in [6.07, 6.45) is 0.865. The molecule has 0 heterocycles. The van der Waals surface area contributed by atoms with Crippen LogP contribution in [0.4, 0.5) is 0 Å². The molecule has 1 N–H and O–H groups in total. The van der Waals surface area contributed by atoms with Gasteiger partial charge in [0.1, 0.15) is 0 Å². The Bertz CT molecular complexity index is 638. The average Bonchev–Trinajstić information content (AvgIpc) is 2.46. The standard InChI is InChI=1S/C17H16BrNO/c18-10-12-4-3-5-13(8-12)11-19-17(20)16-9-14-6-1-2-7-15(14)16/h1-8,16H,9-11H2,(H,19,20). The lowest BCUT2D eigenvalue weighted by molar-refractivity contribution is -0.123. The van der Waals surface area contributed by atoms with E-state index in [1.807, 2.05) is 24.3 Å². The van der Waals surface area contributed by atoms with E-state index in [1.54, 1.807) is 0 Å². The van der Waals surface area contributed by atoms with Crippen molar-refractivity contribution in [2.75, 3.05) is 0 Å². The van der Waals surface area contributed by atoms with Crippen LogP contribution in [-0.4, -0.2) is 5.91 Å². The Morgan fingerprint density at radius 2 is 1.95 bits per heavy atom. The quantitative estimate of drug-likeness (QED) is 0.854. The number of amides is 1. The molecule has 0 radical (unpaired) electrons. The number of carbonyl (C=O) groups excluding carboxylic acids is 1. The first-order valence-electron chi connectivity index (χ1n) is 6.77. The SMILES string of the molecule is O=C(NCc1cccc(CBr)c1)C1Cc2ccccc21. The molecule has 1 atom stereocenters. The molecule has 0 saturated heterocycles. The molecule has 1 aliphatic rings. The van der Waals surface area contributed by atoms with Crippen molar-refractivity contribution in [2.24, 2.45) is 0 Å². The molecule has 1 amide bonds. The van der Waals surface area contributed by atoms with Crippen LogP contribution in [0.5, 0.6) is 0 Å². The normalized spacial score (nSPS) is 16.1. The highest BCUT2D eigenvalue weighted by Crippen LogP contribution is 2.34. The topological polar surface area (TPSA) is 29.1 Å². The molecule has 0 bridgehead atoms. The van der Waals surface area contributed by atoms with E-state index in [1.165, 1.54) is 16.7 Å². The van der Waals surface area contributed by atoms with Crippen LogP contribution >= 0.6 is 15.9 Å². The summed E-state index contributed by atoms with van der Waals surface area (Å²) < 4.78 is 0. The van der Waals surface area contributed by atoms with Crippen molar-refractivity contribution < 1.29 is 4.79 Å². The molecule has 20 heavy (non-hydrogen) atoms. The van der Waals surface area contributed by atoms with Crippen LogP contribution in [-0.2, 0) is 23.1 Å². The third-order valence-corrected chi connectivity index (χ3v) is 4.43. The second-order valence-electron chi connectivity index (χ2n) is 5.13. The molecule has 0 fully saturated rings. The monoisotopic (exact) mass is 329 g/mol. The zero-order valence-corrected chi connectivity index (χ0v) is 12.7. The summed E-state index contributed by atoms with van der Waals surface area (Å²) in [6, 6.07) is 16.4. The predicted octanol–water partition coefficient (Wildman–Crippen LogP) is 3.54. The van der Waals surface area contributed by atoms with Gasteiger partial charge in [-0.15, -0.1) is 0 Å². The fraction of sp³-hybridized carbons (Fsp3) is 0.235. The molecule has 2 nitrogen and oxygen atoms in total. The van der Waals surface area contributed by atoms with Gasteiger partial charge < -0.3 is 5.32 Å². The lowest BCUT2D eigenvalue weighted by atomic mass is 9.77. The summed E-state index contributed by atoms with van der Waals surface area (Å²) >= 11 is 3.45. The Morgan fingerprint density at radius 3 is 2.75 bits per heavy atom. The highest BCUT2D eigenvalue weighted by atomic mass is 79.9. The Labute approximate surface area is 127 Å². The van der Waals surface area contributed by atoms with E-state index in [4.69, 9.17) is 0 Å². The number of nitrogens with one attached hydrogen (secondary N) is 1. The molecule has 0 aromatic heterocycles. The molecule has 102 valence electrons. The van der Waals surface area contributed by atoms with Crippen molar-refractivity contribution in [3.8, 4) is 0 Å². The smallest absolute Gasteiger partial charge is 0.228 e. The number of fused-ring (bicyclic) bond motifs is 1. The summed E-state index contributed by atoms with van der Waals surface area (Å²) in [5.41, 5.74) is 4.85. The van der Waals surface area contributed by atoms with Gasteiger partial charge >= 0.3 is 0 Å². The van der Waals surface area contributed by atoms with Crippen molar-refractivity contribution >= 4 is 21.8 Å². The molecule has 3 heteroatoms. The van der Waals surface area contributed by atoms with Gasteiger partial charge in [0.25, 0.3) is 0 Å².